The van der Waals surface area contributed by atoms with Crippen LogP contribution in [0.25, 0.3) is 37.7 Å². The van der Waals surface area contributed by atoms with E-state index in [0.717, 1.165) is 26.9 Å². The molecule has 0 unspecified atom stereocenters. The van der Waals surface area contributed by atoms with Gasteiger partial charge in [0.1, 0.15) is 5.01 Å². The van der Waals surface area contributed by atoms with Crippen LogP contribution in [0.15, 0.2) is 72.8 Å². The van der Waals surface area contributed by atoms with E-state index in [1.165, 1.54) is 10.8 Å². The second-order valence-electron chi connectivity index (χ2n) is 5.52. The Morgan fingerprint density at radius 1 is 0.750 bits per heavy atom. The number of hydrogen-bond acceptors (Lipinski definition) is 4. The van der Waals surface area contributed by atoms with E-state index in [-0.39, 0.29) is 0 Å². The molecule has 0 aliphatic heterocycles. The molecular weight excluding hydrogens is 316 g/mol. The van der Waals surface area contributed by atoms with Crippen molar-refractivity contribution in [2.24, 2.45) is 0 Å². The maximum Gasteiger partial charge on any atom is 0.235 e. The highest BCUT2D eigenvalue weighted by molar-refractivity contribution is 7.19. The van der Waals surface area contributed by atoms with Crippen LogP contribution in [0, 0.1) is 0 Å². The number of fused-ring (bicyclic) bond motifs is 2. The van der Waals surface area contributed by atoms with Gasteiger partial charge < -0.3 is 0 Å². The highest BCUT2D eigenvalue weighted by Crippen LogP contribution is 2.32. The molecule has 5 rings (SSSR count). The zero-order valence-electron chi connectivity index (χ0n) is 12.6. The minimum atomic E-state index is 0.772. The molecular formula is C19H12N4S. The first kappa shape index (κ1) is 13.4. The third-order valence-electron chi connectivity index (χ3n) is 4.04. The van der Waals surface area contributed by atoms with E-state index in [1.807, 2.05) is 34.8 Å². The first-order chi connectivity index (χ1) is 11.9. The predicted molar refractivity (Wildman–Crippen MR) is 97.0 cm³/mol. The van der Waals surface area contributed by atoms with Gasteiger partial charge in [-0.25, -0.2) is 0 Å². The van der Waals surface area contributed by atoms with Crippen LogP contribution in [-0.4, -0.2) is 19.8 Å². The number of benzene rings is 3. The minimum Gasteiger partial charge on any atom is -0.182 e. The van der Waals surface area contributed by atoms with Crippen LogP contribution >= 0.6 is 11.3 Å². The topological polar surface area (TPSA) is 43.1 Å². The Kier molecular flexibility index (Phi) is 2.93. The van der Waals surface area contributed by atoms with E-state index in [1.54, 1.807) is 11.3 Å². The predicted octanol–water partition coefficient (Wildman–Crippen LogP) is 4.67. The van der Waals surface area contributed by atoms with Crippen molar-refractivity contribution in [3.8, 4) is 22.0 Å². The largest absolute Gasteiger partial charge is 0.235 e. The second kappa shape index (κ2) is 5.25. The molecule has 5 aromatic rings. The Balaban J connectivity index is 1.73. The number of hydrogen-bond donors (Lipinski definition) is 0. The van der Waals surface area contributed by atoms with Gasteiger partial charge in [-0.15, -0.1) is 10.2 Å². The molecule has 114 valence electrons. The van der Waals surface area contributed by atoms with Gasteiger partial charge in [-0.05, 0) is 10.8 Å². The molecule has 0 aliphatic carbocycles. The van der Waals surface area contributed by atoms with Crippen LogP contribution in [-0.2, 0) is 0 Å². The summed E-state index contributed by atoms with van der Waals surface area (Å²) in [6, 6.07) is 24.7. The summed E-state index contributed by atoms with van der Waals surface area (Å²) >= 11 is 1.56. The van der Waals surface area contributed by atoms with Crippen molar-refractivity contribution in [3.05, 3.63) is 72.8 Å². The van der Waals surface area contributed by atoms with E-state index in [9.17, 15) is 0 Å². The zero-order chi connectivity index (χ0) is 15.9. The average Bonchev–Trinajstić information content (AvgIpc) is 3.22. The van der Waals surface area contributed by atoms with Gasteiger partial charge in [-0.2, -0.15) is 9.61 Å². The van der Waals surface area contributed by atoms with Gasteiger partial charge in [0, 0.05) is 11.1 Å². The molecule has 2 heterocycles. The lowest BCUT2D eigenvalue weighted by atomic mass is 10.1. The smallest absolute Gasteiger partial charge is 0.182 e. The number of aromatic nitrogens is 4. The van der Waals surface area contributed by atoms with Gasteiger partial charge >= 0.3 is 0 Å². The fraction of sp³-hybridized carbons (Fsp3) is 0. The van der Waals surface area contributed by atoms with Crippen molar-refractivity contribution in [2.75, 3.05) is 0 Å². The van der Waals surface area contributed by atoms with Crippen molar-refractivity contribution in [2.45, 2.75) is 0 Å². The lowest BCUT2D eigenvalue weighted by molar-refractivity contribution is 0.971. The summed E-state index contributed by atoms with van der Waals surface area (Å²) in [5.74, 6) is 0.772. The molecule has 0 saturated carbocycles. The summed E-state index contributed by atoms with van der Waals surface area (Å²) in [4.78, 5) is 0.803. The van der Waals surface area contributed by atoms with Crippen LogP contribution in [0.3, 0.4) is 0 Å². The summed E-state index contributed by atoms with van der Waals surface area (Å²) in [5, 5.41) is 16.7. The Hall–Kier alpha value is -3.05. The minimum absolute atomic E-state index is 0.772. The molecule has 0 fully saturated rings. The molecule has 4 nitrogen and oxygen atoms in total. The molecule has 0 amide bonds. The van der Waals surface area contributed by atoms with Crippen LogP contribution in [0.2, 0.25) is 0 Å². The Morgan fingerprint density at radius 2 is 1.54 bits per heavy atom. The molecule has 0 spiro atoms. The second-order valence-corrected chi connectivity index (χ2v) is 6.47. The molecule has 0 aliphatic rings. The van der Waals surface area contributed by atoms with E-state index in [4.69, 9.17) is 5.10 Å². The molecule has 2 aromatic heterocycles. The maximum absolute atomic E-state index is 4.78. The molecule has 0 bridgehead atoms. The first-order valence-corrected chi connectivity index (χ1v) is 8.47. The highest BCUT2D eigenvalue weighted by atomic mass is 32.1. The number of rotatable bonds is 2. The van der Waals surface area contributed by atoms with E-state index in [2.05, 4.69) is 52.7 Å². The van der Waals surface area contributed by atoms with Crippen molar-refractivity contribution in [1.29, 1.82) is 0 Å². The van der Waals surface area contributed by atoms with Gasteiger partial charge in [0.25, 0.3) is 0 Å². The lowest BCUT2D eigenvalue weighted by Gasteiger charge is -2.02. The molecule has 24 heavy (non-hydrogen) atoms. The van der Waals surface area contributed by atoms with Crippen LogP contribution in [0.4, 0.5) is 0 Å². The standard InChI is InChI=1S/C19H12N4S/c1-2-8-14(9-3-1)17-20-21-19-23(17)22-18(24-19)16-12-6-10-13-7-4-5-11-15(13)16/h1-12H. The third kappa shape index (κ3) is 2.02. The molecule has 0 saturated heterocycles. The van der Waals surface area contributed by atoms with Gasteiger partial charge in [0.2, 0.25) is 4.96 Å². The number of nitrogens with zero attached hydrogens (tertiary/aromatic N) is 4. The molecule has 0 atom stereocenters. The highest BCUT2D eigenvalue weighted by Gasteiger charge is 2.15. The first-order valence-electron chi connectivity index (χ1n) is 7.66. The third-order valence-corrected chi connectivity index (χ3v) is 4.97. The van der Waals surface area contributed by atoms with E-state index in [0.29, 0.717) is 0 Å². The van der Waals surface area contributed by atoms with Gasteiger partial charge in [0.15, 0.2) is 5.82 Å². The summed E-state index contributed by atoms with van der Waals surface area (Å²) < 4.78 is 1.83. The fourth-order valence-corrected chi connectivity index (χ4v) is 3.78. The van der Waals surface area contributed by atoms with Crippen molar-refractivity contribution in [3.63, 3.8) is 0 Å². The zero-order valence-corrected chi connectivity index (χ0v) is 13.4. The summed E-state index contributed by atoms with van der Waals surface area (Å²) in [6.45, 7) is 0. The average molecular weight is 328 g/mol. The van der Waals surface area contributed by atoms with Crippen molar-refractivity contribution in [1.82, 2.24) is 19.8 Å². The molecule has 0 radical (unpaired) electrons. The Morgan fingerprint density at radius 3 is 2.46 bits per heavy atom. The Labute approximate surface area is 142 Å². The quantitative estimate of drug-likeness (QED) is 0.473. The summed E-state index contributed by atoms with van der Waals surface area (Å²) in [7, 11) is 0. The van der Waals surface area contributed by atoms with Crippen molar-refractivity contribution < 1.29 is 0 Å². The maximum atomic E-state index is 4.78. The normalized spacial score (nSPS) is 11.3. The summed E-state index contributed by atoms with van der Waals surface area (Å²) in [6.07, 6.45) is 0. The van der Waals surface area contributed by atoms with Crippen molar-refractivity contribution >= 4 is 27.1 Å². The monoisotopic (exact) mass is 328 g/mol. The van der Waals surface area contributed by atoms with Gasteiger partial charge in [-0.3, -0.25) is 0 Å². The summed E-state index contributed by atoms with van der Waals surface area (Å²) in [5.41, 5.74) is 2.14. The van der Waals surface area contributed by atoms with Crippen LogP contribution < -0.4 is 0 Å². The molecule has 0 N–H and O–H groups in total. The van der Waals surface area contributed by atoms with Gasteiger partial charge in [-0.1, -0.05) is 84.1 Å². The fourth-order valence-electron chi connectivity index (χ4n) is 2.90. The lowest BCUT2D eigenvalue weighted by Crippen LogP contribution is -1.91. The molecule has 3 aromatic carbocycles. The van der Waals surface area contributed by atoms with E-state index >= 15 is 0 Å². The molecule has 5 heteroatoms. The van der Waals surface area contributed by atoms with E-state index < -0.39 is 0 Å². The van der Waals surface area contributed by atoms with Crippen LogP contribution in [0.5, 0.6) is 0 Å². The Bertz CT molecular complexity index is 1150. The van der Waals surface area contributed by atoms with Crippen LogP contribution in [0.1, 0.15) is 0 Å². The SMILES string of the molecule is c1ccc(-c2nnc3sc(-c4cccc5ccccc45)nn23)cc1. The van der Waals surface area contributed by atoms with Gasteiger partial charge in [0.05, 0.1) is 0 Å².